The van der Waals surface area contributed by atoms with Crippen LogP contribution in [0.3, 0.4) is 0 Å². The van der Waals surface area contributed by atoms with Gasteiger partial charge in [-0.1, -0.05) is 6.92 Å². The van der Waals surface area contributed by atoms with Crippen LogP contribution >= 0.6 is 0 Å². The quantitative estimate of drug-likeness (QED) is 0.430. The summed E-state index contributed by atoms with van der Waals surface area (Å²) >= 11 is 0. The first-order chi connectivity index (χ1) is 16.5. The molecule has 0 bridgehead atoms. The Morgan fingerprint density at radius 3 is 2.79 bits per heavy atom. The highest BCUT2D eigenvalue weighted by atomic mass is 19.1. The lowest BCUT2D eigenvalue weighted by molar-refractivity contribution is 0.0954. The highest BCUT2D eigenvalue weighted by Gasteiger charge is 2.26. The first-order valence-corrected chi connectivity index (χ1v) is 11.3. The summed E-state index contributed by atoms with van der Waals surface area (Å²) in [5.74, 6) is 0.571. The molecule has 2 aromatic carbocycles. The number of fused-ring (bicyclic) bond motifs is 2. The molecular weight excluding hydrogens is 431 g/mol. The predicted molar refractivity (Wildman–Crippen MR) is 131 cm³/mol. The lowest BCUT2D eigenvalue weighted by atomic mass is 9.99. The summed E-state index contributed by atoms with van der Waals surface area (Å²) in [5.41, 5.74) is 4.91. The Morgan fingerprint density at radius 1 is 1.18 bits per heavy atom. The normalized spacial score (nSPS) is 14.5. The first kappa shape index (κ1) is 21.8. The molecule has 0 aliphatic carbocycles. The molecule has 2 N–H and O–H groups in total. The van der Waals surface area contributed by atoms with Gasteiger partial charge in [-0.2, -0.15) is 0 Å². The minimum atomic E-state index is -0.292. The number of carbonyl (C=O) groups is 1. The summed E-state index contributed by atoms with van der Waals surface area (Å²) in [4.78, 5) is 21.8. The average Bonchev–Trinajstić information content (AvgIpc) is 3.23. The zero-order valence-electron chi connectivity index (χ0n) is 19.1. The molecule has 0 radical (unpaired) electrons. The van der Waals surface area contributed by atoms with Crippen LogP contribution in [0, 0.1) is 5.82 Å². The maximum atomic E-state index is 13.4. The second-order valence-electron chi connectivity index (χ2n) is 8.48. The van der Waals surface area contributed by atoms with E-state index in [1.165, 1.54) is 12.1 Å². The van der Waals surface area contributed by atoms with Gasteiger partial charge >= 0.3 is 0 Å². The van der Waals surface area contributed by atoms with Gasteiger partial charge < -0.3 is 15.4 Å². The lowest BCUT2D eigenvalue weighted by Gasteiger charge is -2.12. The van der Waals surface area contributed by atoms with Gasteiger partial charge in [-0.25, -0.2) is 9.37 Å². The number of benzene rings is 2. The highest BCUT2D eigenvalue weighted by Crippen LogP contribution is 2.41. The molecule has 172 valence electrons. The third-order valence-electron chi connectivity index (χ3n) is 6.14. The SMILES string of the molecule is CNc1cc(C(=O)NCCc2cc3c(c(-c4ccc(F)cc4)n2)OCC3C)cc2ccncc12. The predicted octanol–water partition coefficient (Wildman–Crippen LogP) is 4.95. The van der Waals surface area contributed by atoms with Crippen molar-refractivity contribution in [1.82, 2.24) is 15.3 Å². The smallest absolute Gasteiger partial charge is 0.251 e. The van der Waals surface area contributed by atoms with Gasteiger partial charge in [0.25, 0.3) is 5.91 Å². The number of aromatic nitrogens is 2. The molecule has 0 saturated heterocycles. The van der Waals surface area contributed by atoms with Gasteiger partial charge in [0.15, 0.2) is 0 Å². The van der Waals surface area contributed by atoms with E-state index in [2.05, 4.69) is 22.5 Å². The van der Waals surface area contributed by atoms with Crippen molar-refractivity contribution < 1.29 is 13.9 Å². The summed E-state index contributed by atoms with van der Waals surface area (Å²) in [6.07, 6.45) is 4.06. The van der Waals surface area contributed by atoms with Gasteiger partial charge in [0.1, 0.15) is 17.3 Å². The van der Waals surface area contributed by atoms with Crippen LogP contribution in [0.2, 0.25) is 0 Å². The second-order valence-corrected chi connectivity index (χ2v) is 8.48. The number of carbonyl (C=O) groups excluding carboxylic acids is 1. The van der Waals surface area contributed by atoms with Crippen molar-refractivity contribution in [3.63, 3.8) is 0 Å². The van der Waals surface area contributed by atoms with Crippen molar-refractivity contribution in [2.45, 2.75) is 19.3 Å². The topological polar surface area (TPSA) is 76.1 Å². The molecule has 2 aromatic heterocycles. The minimum absolute atomic E-state index is 0.146. The molecule has 1 amide bonds. The van der Waals surface area contributed by atoms with E-state index in [4.69, 9.17) is 9.72 Å². The summed E-state index contributed by atoms with van der Waals surface area (Å²) in [7, 11) is 1.83. The van der Waals surface area contributed by atoms with E-state index in [-0.39, 0.29) is 17.6 Å². The summed E-state index contributed by atoms with van der Waals surface area (Å²) < 4.78 is 19.3. The zero-order valence-corrected chi connectivity index (χ0v) is 19.1. The number of pyridine rings is 2. The average molecular weight is 457 g/mol. The van der Waals surface area contributed by atoms with Crippen molar-refractivity contribution in [3.05, 3.63) is 83.6 Å². The summed E-state index contributed by atoms with van der Waals surface area (Å²) in [5, 5.41) is 8.06. The van der Waals surface area contributed by atoms with Crippen molar-refractivity contribution in [1.29, 1.82) is 0 Å². The molecule has 3 heterocycles. The van der Waals surface area contributed by atoms with Crippen LogP contribution in [-0.2, 0) is 6.42 Å². The third kappa shape index (κ3) is 4.17. The number of nitrogens with one attached hydrogen (secondary N) is 2. The maximum Gasteiger partial charge on any atom is 0.251 e. The van der Waals surface area contributed by atoms with Gasteiger partial charge in [-0.05, 0) is 53.9 Å². The van der Waals surface area contributed by atoms with E-state index < -0.39 is 0 Å². The second kappa shape index (κ2) is 9.09. The van der Waals surface area contributed by atoms with E-state index in [0.717, 1.165) is 39.0 Å². The number of amides is 1. The van der Waals surface area contributed by atoms with Gasteiger partial charge in [0, 0.05) is 71.8 Å². The largest absolute Gasteiger partial charge is 0.490 e. The van der Waals surface area contributed by atoms with Crippen molar-refractivity contribution in [2.24, 2.45) is 0 Å². The van der Waals surface area contributed by atoms with Gasteiger partial charge in [-0.15, -0.1) is 0 Å². The van der Waals surface area contributed by atoms with E-state index in [1.54, 1.807) is 24.5 Å². The Hall–Kier alpha value is -4.00. The molecule has 5 rings (SSSR count). The van der Waals surface area contributed by atoms with Crippen LogP contribution in [0.5, 0.6) is 5.75 Å². The number of nitrogens with zero attached hydrogens (tertiary/aromatic N) is 2. The summed E-state index contributed by atoms with van der Waals surface area (Å²) in [6, 6.07) is 13.9. The van der Waals surface area contributed by atoms with Gasteiger partial charge in [0.2, 0.25) is 0 Å². The van der Waals surface area contributed by atoms with Gasteiger partial charge in [-0.3, -0.25) is 9.78 Å². The third-order valence-corrected chi connectivity index (χ3v) is 6.14. The van der Waals surface area contributed by atoms with E-state index >= 15 is 0 Å². The Morgan fingerprint density at radius 2 is 2.00 bits per heavy atom. The Kier molecular flexibility index (Phi) is 5.84. The Labute approximate surface area is 197 Å². The first-order valence-electron chi connectivity index (χ1n) is 11.3. The van der Waals surface area contributed by atoms with Crippen LogP contribution in [0.25, 0.3) is 22.0 Å². The zero-order chi connectivity index (χ0) is 23.7. The van der Waals surface area contributed by atoms with Crippen LogP contribution in [0.15, 0.2) is 60.9 Å². The number of ether oxygens (including phenoxy) is 1. The molecule has 7 heteroatoms. The molecule has 1 atom stereocenters. The van der Waals surface area contributed by atoms with E-state index in [9.17, 15) is 9.18 Å². The molecule has 1 unspecified atom stereocenters. The van der Waals surface area contributed by atoms with Gasteiger partial charge in [0.05, 0.1) is 6.61 Å². The fourth-order valence-corrected chi connectivity index (χ4v) is 4.30. The van der Waals surface area contributed by atoms with Crippen LogP contribution in [0.1, 0.15) is 34.5 Å². The van der Waals surface area contributed by atoms with E-state index in [1.807, 2.05) is 31.3 Å². The molecule has 0 spiro atoms. The number of rotatable bonds is 6. The molecule has 6 nitrogen and oxygen atoms in total. The number of halogens is 1. The van der Waals surface area contributed by atoms with Crippen molar-refractivity contribution in [2.75, 3.05) is 25.5 Å². The maximum absolute atomic E-state index is 13.4. The van der Waals surface area contributed by atoms with Crippen LogP contribution in [0.4, 0.5) is 10.1 Å². The molecule has 34 heavy (non-hydrogen) atoms. The van der Waals surface area contributed by atoms with E-state index in [0.29, 0.717) is 30.8 Å². The van der Waals surface area contributed by atoms with Crippen molar-refractivity contribution in [3.8, 4) is 17.0 Å². The van der Waals surface area contributed by atoms with Crippen LogP contribution in [-0.4, -0.2) is 36.1 Å². The lowest BCUT2D eigenvalue weighted by Crippen LogP contribution is -2.26. The monoisotopic (exact) mass is 456 g/mol. The molecule has 1 aliphatic rings. The number of hydrogen-bond donors (Lipinski definition) is 2. The summed E-state index contributed by atoms with van der Waals surface area (Å²) in [6.45, 7) is 3.14. The molecule has 1 aliphatic heterocycles. The minimum Gasteiger partial charge on any atom is -0.490 e. The fourth-order valence-electron chi connectivity index (χ4n) is 4.30. The Bertz CT molecular complexity index is 1370. The Balaban J connectivity index is 1.35. The highest BCUT2D eigenvalue weighted by molar-refractivity contribution is 6.03. The number of anilines is 1. The van der Waals surface area contributed by atoms with Crippen LogP contribution < -0.4 is 15.4 Å². The molecular formula is C27H25FN4O2. The molecule has 4 aromatic rings. The number of hydrogen-bond acceptors (Lipinski definition) is 5. The van der Waals surface area contributed by atoms with Crippen molar-refractivity contribution >= 4 is 22.4 Å². The molecule has 0 saturated carbocycles. The standard InChI is InChI=1S/C27H25FN4O2/c1-16-15-34-26-22(16)13-21(32-25(26)17-3-5-20(28)6-4-17)8-10-31-27(33)19-11-18-7-9-30-14-23(18)24(12-19)29-2/h3-7,9,11-14,16,29H,8,10,15H2,1-2H3,(H,31,33). The molecule has 0 fully saturated rings. The fraction of sp³-hybridized carbons (Fsp3) is 0.222.